The molecule has 7 heteroatoms. The van der Waals surface area contributed by atoms with Crippen molar-refractivity contribution in [3.63, 3.8) is 0 Å². The maximum Gasteiger partial charge on any atom is 0.276 e. The Morgan fingerprint density at radius 2 is 2.19 bits per heavy atom. The number of carbonyl (C=O) groups is 1. The second kappa shape index (κ2) is 5.16. The van der Waals surface area contributed by atoms with Crippen LogP contribution >= 0.6 is 0 Å². The molecule has 3 rings (SSSR count). The van der Waals surface area contributed by atoms with Crippen LogP contribution in [0.4, 0.5) is 20.4 Å². The lowest BCUT2D eigenvalue weighted by Gasteiger charge is -2.14. The molecule has 0 bridgehead atoms. The molecule has 0 saturated carbocycles. The first-order valence-corrected chi connectivity index (χ1v) is 6.62. The molecule has 0 radical (unpaired) electrons. The quantitative estimate of drug-likeness (QED) is 0.894. The smallest absolute Gasteiger partial charge is 0.276 e. The van der Waals surface area contributed by atoms with Crippen LogP contribution < -0.4 is 10.6 Å². The van der Waals surface area contributed by atoms with E-state index in [9.17, 15) is 13.6 Å². The van der Waals surface area contributed by atoms with E-state index >= 15 is 0 Å². The highest BCUT2D eigenvalue weighted by molar-refractivity contribution is 6.03. The number of amides is 1. The van der Waals surface area contributed by atoms with Crippen molar-refractivity contribution in [3.05, 3.63) is 41.2 Å². The van der Waals surface area contributed by atoms with Gasteiger partial charge >= 0.3 is 0 Å². The number of nitrogens with zero attached hydrogens (tertiary/aromatic N) is 2. The molecule has 0 aliphatic carbocycles. The Bertz CT molecular complexity index is 688. The molecule has 21 heavy (non-hydrogen) atoms. The maximum atomic E-state index is 13.7. The molecule has 0 fully saturated rings. The van der Waals surface area contributed by atoms with Gasteiger partial charge in [-0.3, -0.25) is 4.79 Å². The molecule has 0 unspecified atom stereocenters. The first-order valence-electron chi connectivity index (χ1n) is 6.62. The number of anilines is 2. The van der Waals surface area contributed by atoms with E-state index in [1.807, 2.05) is 4.57 Å². The van der Waals surface area contributed by atoms with Crippen LogP contribution in [0.15, 0.2) is 18.3 Å². The predicted octanol–water partition coefficient (Wildman–Crippen LogP) is 2.54. The van der Waals surface area contributed by atoms with E-state index in [0.29, 0.717) is 5.95 Å². The third kappa shape index (κ3) is 2.58. The Morgan fingerprint density at radius 3 is 2.95 bits per heavy atom. The summed E-state index contributed by atoms with van der Waals surface area (Å²) in [6.07, 6.45) is 2.54. The molecule has 1 aliphatic heterocycles. The summed E-state index contributed by atoms with van der Waals surface area (Å²) in [4.78, 5) is 16.2. The van der Waals surface area contributed by atoms with Gasteiger partial charge in [-0.15, -0.1) is 0 Å². The van der Waals surface area contributed by atoms with Crippen LogP contribution in [0.2, 0.25) is 0 Å². The van der Waals surface area contributed by atoms with E-state index in [1.54, 1.807) is 6.20 Å². The molecular formula is C14H14F2N4O. The molecular weight excluding hydrogens is 278 g/mol. The van der Waals surface area contributed by atoms with Crippen LogP contribution in [-0.2, 0) is 6.54 Å². The Balaban J connectivity index is 1.83. The number of carbonyl (C=O) groups excluding carboxylic acids is 1. The summed E-state index contributed by atoms with van der Waals surface area (Å²) in [6, 6.07) is 2.02. The molecule has 0 saturated heterocycles. The van der Waals surface area contributed by atoms with E-state index < -0.39 is 17.5 Å². The summed E-state index contributed by atoms with van der Waals surface area (Å²) in [6.45, 7) is 3.03. The molecule has 1 aromatic heterocycles. The van der Waals surface area contributed by atoms with Crippen molar-refractivity contribution in [1.82, 2.24) is 9.55 Å². The van der Waals surface area contributed by atoms with Gasteiger partial charge in [0.25, 0.3) is 5.91 Å². The molecule has 2 heterocycles. The van der Waals surface area contributed by atoms with Gasteiger partial charge in [-0.2, -0.15) is 0 Å². The number of benzene rings is 1. The van der Waals surface area contributed by atoms with E-state index in [2.05, 4.69) is 15.6 Å². The first kappa shape index (κ1) is 13.5. The Morgan fingerprint density at radius 1 is 1.38 bits per heavy atom. The van der Waals surface area contributed by atoms with Crippen LogP contribution in [0.3, 0.4) is 0 Å². The minimum atomic E-state index is -0.677. The Kier molecular flexibility index (Phi) is 3.32. The van der Waals surface area contributed by atoms with Gasteiger partial charge in [-0.25, -0.2) is 13.8 Å². The number of hydrogen-bond donors (Lipinski definition) is 2. The second-order valence-corrected chi connectivity index (χ2v) is 4.96. The fraction of sp³-hybridized carbons (Fsp3) is 0.286. The molecule has 1 aromatic carbocycles. The third-order valence-corrected chi connectivity index (χ3v) is 3.36. The van der Waals surface area contributed by atoms with Crippen LogP contribution in [0.5, 0.6) is 0 Å². The average molecular weight is 292 g/mol. The highest BCUT2D eigenvalue weighted by Gasteiger charge is 2.18. The van der Waals surface area contributed by atoms with Crippen molar-refractivity contribution in [2.45, 2.75) is 19.9 Å². The Labute approximate surface area is 120 Å². The number of aryl methyl sites for hydroxylation is 2. The molecule has 2 N–H and O–H groups in total. The third-order valence-electron chi connectivity index (χ3n) is 3.36. The summed E-state index contributed by atoms with van der Waals surface area (Å²) in [5.41, 5.74) is 0.161. The maximum absolute atomic E-state index is 13.7. The molecule has 0 spiro atoms. The highest BCUT2D eigenvalue weighted by atomic mass is 19.1. The van der Waals surface area contributed by atoms with Crippen molar-refractivity contribution >= 4 is 17.5 Å². The van der Waals surface area contributed by atoms with E-state index in [1.165, 1.54) is 6.92 Å². The zero-order valence-corrected chi connectivity index (χ0v) is 11.4. The van der Waals surface area contributed by atoms with Crippen molar-refractivity contribution in [2.75, 3.05) is 17.2 Å². The van der Waals surface area contributed by atoms with Crippen LogP contribution in [0.25, 0.3) is 0 Å². The van der Waals surface area contributed by atoms with E-state index in [4.69, 9.17) is 0 Å². The minimum absolute atomic E-state index is 0.166. The lowest BCUT2D eigenvalue weighted by atomic mass is 10.2. The number of rotatable bonds is 2. The highest BCUT2D eigenvalue weighted by Crippen LogP contribution is 2.20. The number of hydrogen-bond acceptors (Lipinski definition) is 3. The largest absolute Gasteiger partial charge is 0.356 e. The van der Waals surface area contributed by atoms with Crippen molar-refractivity contribution < 1.29 is 13.6 Å². The number of nitrogens with one attached hydrogen (secondary N) is 2. The van der Waals surface area contributed by atoms with Gasteiger partial charge in [-0.05, 0) is 25.0 Å². The summed E-state index contributed by atoms with van der Waals surface area (Å²) >= 11 is 0. The van der Waals surface area contributed by atoms with Gasteiger partial charge in [0.1, 0.15) is 17.3 Å². The monoisotopic (exact) mass is 292 g/mol. The number of fused-ring (bicyclic) bond motifs is 1. The first-order chi connectivity index (χ1) is 10.0. The van der Waals surface area contributed by atoms with Crippen LogP contribution in [0.1, 0.15) is 22.5 Å². The number of aromatic nitrogens is 2. The van der Waals surface area contributed by atoms with E-state index in [0.717, 1.165) is 31.6 Å². The molecule has 1 amide bonds. The fourth-order valence-corrected chi connectivity index (χ4v) is 2.21. The Hall–Kier alpha value is -2.44. The van der Waals surface area contributed by atoms with Gasteiger partial charge in [0.05, 0.1) is 5.69 Å². The van der Waals surface area contributed by atoms with Gasteiger partial charge in [0.2, 0.25) is 5.95 Å². The molecule has 110 valence electrons. The molecule has 0 atom stereocenters. The van der Waals surface area contributed by atoms with Gasteiger partial charge in [0, 0.05) is 25.4 Å². The van der Waals surface area contributed by atoms with Crippen molar-refractivity contribution in [1.29, 1.82) is 0 Å². The average Bonchev–Trinajstić information content (AvgIpc) is 2.88. The standard InChI is InChI=1S/C14H14F2N4O/c1-8-5-10(16)11(6-9(8)15)18-13(21)12-7-20-4-2-3-17-14(20)19-12/h5-7H,2-4H2,1H3,(H,17,19)(H,18,21). The lowest BCUT2D eigenvalue weighted by Crippen LogP contribution is -2.16. The number of halogens is 2. The summed E-state index contributed by atoms with van der Waals surface area (Å²) in [7, 11) is 0. The fourth-order valence-electron chi connectivity index (χ4n) is 2.21. The number of imidazole rings is 1. The van der Waals surface area contributed by atoms with Gasteiger partial charge < -0.3 is 15.2 Å². The minimum Gasteiger partial charge on any atom is -0.356 e. The SMILES string of the molecule is Cc1cc(F)c(NC(=O)c2cn3c(n2)NCCC3)cc1F. The summed E-state index contributed by atoms with van der Waals surface area (Å²) < 4.78 is 29.0. The molecule has 2 aromatic rings. The van der Waals surface area contributed by atoms with Crippen molar-refractivity contribution in [3.8, 4) is 0 Å². The van der Waals surface area contributed by atoms with Gasteiger partial charge in [-0.1, -0.05) is 0 Å². The predicted molar refractivity (Wildman–Crippen MR) is 74.4 cm³/mol. The summed E-state index contributed by atoms with van der Waals surface area (Å²) in [5.74, 6) is -1.20. The lowest BCUT2D eigenvalue weighted by molar-refractivity contribution is 0.102. The normalized spacial score (nSPS) is 13.5. The van der Waals surface area contributed by atoms with Crippen LogP contribution in [-0.4, -0.2) is 22.0 Å². The van der Waals surface area contributed by atoms with E-state index in [-0.39, 0.29) is 16.9 Å². The van der Waals surface area contributed by atoms with Gasteiger partial charge in [0.15, 0.2) is 0 Å². The molecule has 1 aliphatic rings. The zero-order chi connectivity index (χ0) is 15.0. The molecule has 5 nitrogen and oxygen atoms in total. The zero-order valence-electron chi connectivity index (χ0n) is 11.4. The summed E-state index contributed by atoms with van der Waals surface area (Å²) in [5, 5.41) is 5.41. The van der Waals surface area contributed by atoms with Crippen LogP contribution in [0, 0.1) is 18.6 Å². The topological polar surface area (TPSA) is 59.0 Å². The second-order valence-electron chi connectivity index (χ2n) is 4.96. The van der Waals surface area contributed by atoms with Crippen molar-refractivity contribution in [2.24, 2.45) is 0 Å².